The molecule has 1 nitrogen and oxygen atoms in total. The van der Waals surface area contributed by atoms with Crippen molar-refractivity contribution in [3.05, 3.63) is 133 Å². The van der Waals surface area contributed by atoms with Crippen LogP contribution in [-0.2, 0) is 11.0 Å². The summed E-state index contributed by atoms with van der Waals surface area (Å²) in [5, 5.41) is 10.2. The van der Waals surface area contributed by atoms with Crippen molar-refractivity contribution >= 4 is 51.7 Å². The second kappa shape index (κ2) is 8.66. The summed E-state index contributed by atoms with van der Waals surface area (Å²) in [5.74, 6) is 0. The Morgan fingerprint density at radius 3 is 1.61 bits per heavy atom. The molecule has 0 bridgehead atoms. The third-order valence-electron chi connectivity index (χ3n) is 6.27. The van der Waals surface area contributed by atoms with Gasteiger partial charge in [-0.05, 0) is 54.3 Å². The summed E-state index contributed by atoms with van der Waals surface area (Å²) < 4.78 is 6.87. The third kappa shape index (κ3) is 3.84. The zero-order valence-electron chi connectivity index (χ0n) is 18.2. The standard InChI is InChI=1S/C31H23OSi/c1-2-12-27-21-23(19-20-24(27)9-1)22-32-33(30-17-7-13-25-10-3-5-15-28(25)30)31-18-8-14-26-11-4-6-16-29(26)31/h1-21H,22H2. The second-order valence-electron chi connectivity index (χ2n) is 8.35. The Balaban J connectivity index is 1.47. The minimum Gasteiger partial charge on any atom is -0.403 e. The van der Waals surface area contributed by atoms with Crippen molar-refractivity contribution in [1.29, 1.82) is 0 Å². The summed E-state index contributed by atoms with van der Waals surface area (Å²) >= 11 is 0. The van der Waals surface area contributed by atoms with Crippen LogP contribution >= 0.6 is 0 Å². The predicted octanol–water partition coefficient (Wildman–Crippen LogP) is 6.47. The molecule has 0 saturated carbocycles. The summed E-state index contributed by atoms with van der Waals surface area (Å²) in [6.07, 6.45) is 0. The minimum atomic E-state index is -1.50. The molecule has 0 amide bonds. The Morgan fingerprint density at radius 2 is 0.970 bits per heavy atom. The molecule has 0 aliphatic carbocycles. The van der Waals surface area contributed by atoms with Crippen LogP contribution in [0, 0.1) is 0 Å². The minimum absolute atomic E-state index is 0.589. The molecule has 0 heterocycles. The SMILES string of the molecule is c1ccc2cc(CO[Si](c3cccc4ccccc34)c3cccc4ccccc34)ccc2c1. The zero-order valence-corrected chi connectivity index (χ0v) is 19.2. The molecule has 0 saturated heterocycles. The molecule has 0 fully saturated rings. The predicted molar refractivity (Wildman–Crippen MR) is 142 cm³/mol. The average Bonchev–Trinajstić information content (AvgIpc) is 2.89. The van der Waals surface area contributed by atoms with Crippen LogP contribution < -0.4 is 10.4 Å². The lowest BCUT2D eigenvalue weighted by Gasteiger charge is -2.20. The van der Waals surface area contributed by atoms with Crippen molar-refractivity contribution in [2.75, 3.05) is 0 Å². The van der Waals surface area contributed by atoms with Crippen LogP contribution in [-0.4, -0.2) is 9.04 Å². The van der Waals surface area contributed by atoms with Gasteiger partial charge in [0.1, 0.15) is 0 Å². The summed E-state index contributed by atoms with van der Waals surface area (Å²) in [6, 6.07) is 45.6. The van der Waals surface area contributed by atoms with Gasteiger partial charge in [0, 0.05) is 0 Å². The van der Waals surface area contributed by atoms with Crippen molar-refractivity contribution in [2.45, 2.75) is 6.61 Å². The highest BCUT2D eigenvalue weighted by atomic mass is 28.3. The molecular formula is C31H23OSi. The molecule has 33 heavy (non-hydrogen) atoms. The van der Waals surface area contributed by atoms with Crippen molar-refractivity contribution < 1.29 is 4.43 Å². The van der Waals surface area contributed by atoms with Gasteiger partial charge in [-0.25, -0.2) is 0 Å². The van der Waals surface area contributed by atoms with E-state index in [1.165, 1.54) is 48.3 Å². The average molecular weight is 440 g/mol. The maximum absolute atomic E-state index is 6.87. The van der Waals surface area contributed by atoms with E-state index in [9.17, 15) is 0 Å². The van der Waals surface area contributed by atoms with Gasteiger partial charge in [0.05, 0.1) is 6.61 Å². The van der Waals surface area contributed by atoms with Crippen molar-refractivity contribution in [3.8, 4) is 0 Å². The van der Waals surface area contributed by atoms with E-state index in [1.54, 1.807) is 0 Å². The van der Waals surface area contributed by atoms with E-state index < -0.39 is 9.04 Å². The van der Waals surface area contributed by atoms with E-state index in [-0.39, 0.29) is 0 Å². The zero-order chi connectivity index (χ0) is 22.0. The lowest BCUT2D eigenvalue weighted by Crippen LogP contribution is -2.45. The Labute approximate surface area is 195 Å². The Bertz CT molecular complexity index is 1500. The Kier molecular flexibility index (Phi) is 5.23. The molecule has 1 radical (unpaired) electrons. The van der Waals surface area contributed by atoms with Crippen LogP contribution in [0.15, 0.2) is 127 Å². The maximum Gasteiger partial charge on any atom is 0.284 e. The van der Waals surface area contributed by atoms with Crippen LogP contribution in [0.25, 0.3) is 32.3 Å². The molecule has 6 aromatic carbocycles. The number of rotatable bonds is 5. The van der Waals surface area contributed by atoms with Gasteiger partial charge in [0.2, 0.25) is 0 Å². The number of hydrogen-bond acceptors (Lipinski definition) is 1. The normalized spacial score (nSPS) is 11.5. The molecule has 0 N–H and O–H groups in total. The highest BCUT2D eigenvalue weighted by molar-refractivity contribution is 6.83. The first-order chi connectivity index (χ1) is 16.4. The van der Waals surface area contributed by atoms with E-state index >= 15 is 0 Å². The van der Waals surface area contributed by atoms with Crippen molar-refractivity contribution in [1.82, 2.24) is 0 Å². The van der Waals surface area contributed by atoms with Gasteiger partial charge in [0.15, 0.2) is 0 Å². The highest BCUT2D eigenvalue weighted by Crippen LogP contribution is 2.19. The van der Waals surface area contributed by atoms with Gasteiger partial charge >= 0.3 is 0 Å². The summed E-state index contributed by atoms with van der Waals surface area (Å²) in [5.41, 5.74) is 1.21. The fourth-order valence-corrected chi connectivity index (χ4v) is 6.98. The van der Waals surface area contributed by atoms with Crippen molar-refractivity contribution in [3.63, 3.8) is 0 Å². The molecule has 6 aromatic rings. The molecule has 0 spiro atoms. The summed E-state index contributed by atoms with van der Waals surface area (Å²) in [6.45, 7) is 0.589. The van der Waals surface area contributed by atoms with Gasteiger partial charge in [-0.2, -0.15) is 0 Å². The van der Waals surface area contributed by atoms with Crippen LogP contribution in [0.4, 0.5) is 0 Å². The van der Waals surface area contributed by atoms with Gasteiger partial charge in [-0.1, -0.05) is 121 Å². The molecular weight excluding hydrogens is 416 g/mol. The van der Waals surface area contributed by atoms with Gasteiger partial charge in [0.25, 0.3) is 9.04 Å². The number of fused-ring (bicyclic) bond motifs is 3. The van der Waals surface area contributed by atoms with Gasteiger partial charge in [-0.3, -0.25) is 0 Å². The molecule has 0 unspecified atom stereocenters. The van der Waals surface area contributed by atoms with Gasteiger partial charge < -0.3 is 4.43 Å². The third-order valence-corrected chi connectivity index (χ3v) is 8.55. The van der Waals surface area contributed by atoms with Gasteiger partial charge in [-0.15, -0.1) is 0 Å². The lowest BCUT2D eigenvalue weighted by atomic mass is 10.1. The van der Waals surface area contributed by atoms with Crippen LogP contribution in [0.2, 0.25) is 0 Å². The number of hydrogen-bond donors (Lipinski definition) is 0. The molecule has 0 aliphatic rings. The molecule has 0 aromatic heterocycles. The molecule has 2 heteroatoms. The summed E-state index contributed by atoms with van der Waals surface area (Å²) in [7, 11) is -1.50. The Morgan fingerprint density at radius 1 is 0.455 bits per heavy atom. The molecule has 0 atom stereocenters. The first-order valence-corrected chi connectivity index (χ1v) is 12.7. The lowest BCUT2D eigenvalue weighted by molar-refractivity contribution is 0.322. The monoisotopic (exact) mass is 439 g/mol. The quantitative estimate of drug-likeness (QED) is 0.280. The molecule has 0 aliphatic heterocycles. The van der Waals surface area contributed by atoms with Crippen LogP contribution in [0.1, 0.15) is 5.56 Å². The summed E-state index contributed by atoms with van der Waals surface area (Å²) in [4.78, 5) is 0. The van der Waals surface area contributed by atoms with E-state index in [0.29, 0.717) is 6.61 Å². The number of benzene rings is 6. The fraction of sp³-hybridized carbons (Fsp3) is 0.0323. The second-order valence-corrected chi connectivity index (χ2v) is 10.4. The maximum atomic E-state index is 6.87. The smallest absolute Gasteiger partial charge is 0.284 e. The first kappa shape index (κ1) is 19.9. The van der Waals surface area contributed by atoms with E-state index in [4.69, 9.17) is 4.43 Å². The van der Waals surface area contributed by atoms with Crippen LogP contribution in [0.3, 0.4) is 0 Å². The van der Waals surface area contributed by atoms with E-state index in [0.717, 1.165) is 0 Å². The molecule has 157 valence electrons. The van der Waals surface area contributed by atoms with Crippen LogP contribution in [0.5, 0.6) is 0 Å². The van der Waals surface area contributed by atoms with Crippen molar-refractivity contribution in [2.24, 2.45) is 0 Å². The van der Waals surface area contributed by atoms with E-state index in [2.05, 4.69) is 127 Å². The fourth-order valence-electron chi connectivity index (χ4n) is 4.63. The topological polar surface area (TPSA) is 9.23 Å². The Hall–Kier alpha value is -3.72. The largest absolute Gasteiger partial charge is 0.403 e. The molecule has 6 rings (SSSR count). The van der Waals surface area contributed by atoms with E-state index in [1.807, 2.05) is 0 Å². The highest BCUT2D eigenvalue weighted by Gasteiger charge is 2.24. The first-order valence-electron chi connectivity index (χ1n) is 11.3.